The van der Waals surface area contributed by atoms with Crippen LogP contribution in [0.4, 0.5) is 0 Å². The Kier molecular flexibility index (Phi) is 5.29. The minimum Gasteiger partial charge on any atom is -0.351 e. The Balaban J connectivity index is 1.65. The standard InChI is InChI=1S/C12H14N4OS2/c1-9-7-16-10(8-15-9)11(17)13-3-2-5-18-12-14-4-6-19-12/h4,6-8H,2-3,5H2,1H3,(H,13,17). The van der Waals surface area contributed by atoms with Crippen molar-refractivity contribution in [3.8, 4) is 0 Å². The summed E-state index contributed by atoms with van der Waals surface area (Å²) < 4.78 is 1.07. The Hall–Kier alpha value is -1.47. The van der Waals surface area contributed by atoms with E-state index in [1.807, 2.05) is 12.3 Å². The van der Waals surface area contributed by atoms with E-state index < -0.39 is 0 Å². The monoisotopic (exact) mass is 294 g/mol. The summed E-state index contributed by atoms with van der Waals surface area (Å²) in [5, 5.41) is 4.79. The molecule has 100 valence electrons. The van der Waals surface area contributed by atoms with E-state index in [-0.39, 0.29) is 5.91 Å². The van der Waals surface area contributed by atoms with Crippen molar-refractivity contribution in [2.75, 3.05) is 12.3 Å². The molecule has 5 nitrogen and oxygen atoms in total. The Labute approximate surface area is 119 Å². The second-order valence-electron chi connectivity index (χ2n) is 3.80. The van der Waals surface area contributed by atoms with Crippen LogP contribution in [0.25, 0.3) is 0 Å². The second-order valence-corrected chi connectivity index (χ2v) is 6.04. The lowest BCUT2D eigenvalue weighted by Gasteiger charge is -2.03. The van der Waals surface area contributed by atoms with Crippen molar-refractivity contribution in [1.29, 1.82) is 0 Å². The van der Waals surface area contributed by atoms with Gasteiger partial charge in [0.15, 0.2) is 0 Å². The minimum absolute atomic E-state index is 0.174. The molecule has 0 saturated heterocycles. The molecule has 0 fully saturated rings. The lowest BCUT2D eigenvalue weighted by molar-refractivity contribution is 0.0948. The Morgan fingerprint density at radius 2 is 2.26 bits per heavy atom. The van der Waals surface area contributed by atoms with Gasteiger partial charge in [0.1, 0.15) is 10.0 Å². The van der Waals surface area contributed by atoms with E-state index in [0.717, 1.165) is 22.2 Å². The number of carbonyl (C=O) groups excluding carboxylic acids is 1. The third kappa shape index (κ3) is 4.60. The van der Waals surface area contributed by atoms with Crippen LogP contribution in [0, 0.1) is 6.92 Å². The summed E-state index contributed by atoms with van der Waals surface area (Å²) in [6, 6.07) is 0. The number of amides is 1. The molecular formula is C12H14N4OS2. The maximum atomic E-state index is 11.7. The average molecular weight is 294 g/mol. The van der Waals surface area contributed by atoms with Crippen molar-refractivity contribution in [2.45, 2.75) is 17.7 Å². The molecule has 0 spiro atoms. The highest BCUT2D eigenvalue weighted by Crippen LogP contribution is 2.20. The van der Waals surface area contributed by atoms with Gasteiger partial charge in [-0.25, -0.2) is 9.97 Å². The van der Waals surface area contributed by atoms with Crippen molar-refractivity contribution in [1.82, 2.24) is 20.3 Å². The van der Waals surface area contributed by atoms with Crippen LogP contribution in [0.2, 0.25) is 0 Å². The quantitative estimate of drug-likeness (QED) is 0.653. The first-order chi connectivity index (χ1) is 9.25. The molecule has 2 aromatic rings. The molecule has 0 aromatic carbocycles. The van der Waals surface area contributed by atoms with Gasteiger partial charge in [0.2, 0.25) is 0 Å². The number of nitrogens with zero attached hydrogens (tertiary/aromatic N) is 3. The summed E-state index contributed by atoms with van der Waals surface area (Å²) in [7, 11) is 0. The van der Waals surface area contributed by atoms with E-state index in [9.17, 15) is 4.79 Å². The third-order valence-corrected chi connectivity index (χ3v) is 4.31. The summed E-state index contributed by atoms with van der Waals surface area (Å²) >= 11 is 3.34. The molecule has 0 atom stereocenters. The molecule has 7 heteroatoms. The molecule has 1 N–H and O–H groups in total. The van der Waals surface area contributed by atoms with Gasteiger partial charge >= 0.3 is 0 Å². The Morgan fingerprint density at radius 3 is 2.95 bits per heavy atom. The first-order valence-corrected chi connectivity index (χ1v) is 7.71. The maximum Gasteiger partial charge on any atom is 0.271 e. The molecule has 0 aliphatic heterocycles. The molecule has 2 rings (SSSR count). The zero-order valence-corrected chi connectivity index (χ0v) is 12.1. The first-order valence-electron chi connectivity index (χ1n) is 5.85. The van der Waals surface area contributed by atoms with Crippen LogP contribution >= 0.6 is 23.1 Å². The van der Waals surface area contributed by atoms with Crippen LogP contribution in [-0.4, -0.2) is 33.2 Å². The largest absolute Gasteiger partial charge is 0.351 e. The number of aromatic nitrogens is 3. The van der Waals surface area contributed by atoms with Gasteiger partial charge < -0.3 is 5.32 Å². The smallest absolute Gasteiger partial charge is 0.271 e. The molecule has 2 heterocycles. The van der Waals surface area contributed by atoms with E-state index >= 15 is 0 Å². The van der Waals surface area contributed by atoms with Gasteiger partial charge in [-0.2, -0.15) is 0 Å². The van der Waals surface area contributed by atoms with Gasteiger partial charge in [-0.15, -0.1) is 11.3 Å². The third-order valence-electron chi connectivity index (χ3n) is 2.26. The van der Waals surface area contributed by atoms with Gasteiger partial charge in [-0.3, -0.25) is 9.78 Å². The molecule has 1 amide bonds. The van der Waals surface area contributed by atoms with Crippen LogP contribution in [-0.2, 0) is 0 Å². The normalized spacial score (nSPS) is 10.4. The number of thiazole rings is 1. The van der Waals surface area contributed by atoms with E-state index in [0.29, 0.717) is 12.2 Å². The summed E-state index contributed by atoms with van der Waals surface area (Å²) in [5.74, 6) is 0.764. The Bertz CT molecular complexity index is 513. The molecule has 0 saturated carbocycles. The molecule has 0 bridgehead atoms. The number of aryl methyl sites for hydroxylation is 1. The zero-order valence-electron chi connectivity index (χ0n) is 10.5. The van der Waals surface area contributed by atoms with Gasteiger partial charge in [0.05, 0.1) is 11.9 Å². The Morgan fingerprint density at radius 1 is 1.37 bits per heavy atom. The second kappa shape index (κ2) is 7.20. The number of carbonyl (C=O) groups is 1. The van der Waals surface area contributed by atoms with E-state index in [1.54, 1.807) is 35.5 Å². The zero-order chi connectivity index (χ0) is 13.5. The van der Waals surface area contributed by atoms with Crippen LogP contribution < -0.4 is 5.32 Å². The van der Waals surface area contributed by atoms with Crippen molar-refractivity contribution < 1.29 is 4.79 Å². The summed E-state index contributed by atoms with van der Waals surface area (Å²) in [5.41, 5.74) is 1.16. The maximum absolute atomic E-state index is 11.7. The molecule has 0 aliphatic carbocycles. The summed E-state index contributed by atoms with van der Waals surface area (Å²) in [4.78, 5) is 24.0. The van der Waals surface area contributed by atoms with Crippen LogP contribution in [0.5, 0.6) is 0 Å². The lowest BCUT2D eigenvalue weighted by atomic mass is 10.4. The average Bonchev–Trinajstić information content (AvgIpc) is 2.92. The molecule has 0 radical (unpaired) electrons. The summed E-state index contributed by atoms with van der Waals surface area (Å²) in [6.07, 6.45) is 5.78. The highest BCUT2D eigenvalue weighted by atomic mass is 32.2. The topological polar surface area (TPSA) is 67.8 Å². The van der Waals surface area contributed by atoms with Gasteiger partial charge in [-0.1, -0.05) is 11.8 Å². The molecular weight excluding hydrogens is 280 g/mol. The predicted molar refractivity (Wildman–Crippen MR) is 76.6 cm³/mol. The minimum atomic E-state index is -0.174. The van der Waals surface area contributed by atoms with E-state index in [4.69, 9.17) is 0 Å². The SMILES string of the molecule is Cc1cnc(C(=O)NCCCSc2nccs2)cn1. The lowest BCUT2D eigenvalue weighted by Crippen LogP contribution is -2.25. The van der Waals surface area contributed by atoms with Crippen LogP contribution in [0.3, 0.4) is 0 Å². The number of hydrogen-bond acceptors (Lipinski definition) is 6. The highest BCUT2D eigenvalue weighted by Gasteiger charge is 2.06. The summed E-state index contributed by atoms with van der Waals surface area (Å²) in [6.45, 7) is 2.47. The first kappa shape index (κ1) is 14.0. The molecule has 2 aromatic heterocycles. The van der Waals surface area contributed by atoms with Crippen LogP contribution in [0.1, 0.15) is 22.6 Å². The number of nitrogens with one attached hydrogen (secondary N) is 1. The fourth-order valence-corrected chi connectivity index (χ4v) is 2.96. The fraction of sp³-hybridized carbons (Fsp3) is 0.333. The van der Waals surface area contributed by atoms with Crippen LogP contribution in [0.15, 0.2) is 28.3 Å². The molecule has 0 unspecified atom stereocenters. The molecule has 19 heavy (non-hydrogen) atoms. The number of hydrogen-bond donors (Lipinski definition) is 1. The van der Waals surface area contributed by atoms with Crippen molar-refractivity contribution in [2.24, 2.45) is 0 Å². The van der Waals surface area contributed by atoms with Gasteiger partial charge in [0, 0.05) is 30.1 Å². The van der Waals surface area contributed by atoms with E-state index in [2.05, 4.69) is 20.3 Å². The van der Waals surface area contributed by atoms with E-state index in [1.165, 1.54) is 6.20 Å². The number of rotatable bonds is 6. The fourth-order valence-electron chi connectivity index (χ4n) is 1.32. The predicted octanol–water partition coefficient (Wildman–Crippen LogP) is 2.15. The van der Waals surface area contributed by atoms with Gasteiger partial charge in [0.25, 0.3) is 5.91 Å². The van der Waals surface area contributed by atoms with Crippen molar-refractivity contribution >= 4 is 29.0 Å². The molecule has 0 aliphatic rings. The number of thioether (sulfide) groups is 1. The highest BCUT2D eigenvalue weighted by molar-refractivity contribution is 8.00. The van der Waals surface area contributed by atoms with Crippen molar-refractivity contribution in [3.63, 3.8) is 0 Å². The van der Waals surface area contributed by atoms with Crippen molar-refractivity contribution in [3.05, 3.63) is 35.4 Å². The van der Waals surface area contributed by atoms with Gasteiger partial charge in [-0.05, 0) is 13.3 Å².